The fraction of sp³-hybridized carbons (Fsp3) is 0.333. The summed E-state index contributed by atoms with van der Waals surface area (Å²) >= 11 is 3.19. The largest absolute Gasteiger partial charge is 0.480 e. The Hall–Kier alpha value is -1.10. The number of methoxy groups -OCH3 is 1. The molecule has 76 valence electrons. The number of rotatable bonds is 4. The first kappa shape index (κ1) is 11.0. The van der Waals surface area contributed by atoms with Gasteiger partial charge in [-0.25, -0.2) is 4.98 Å². The SMILES string of the molecule is COc1ncccc1NC(=O)CCBr. The van der Waals surface area contributed by atoms with E-state index in [4.69, 9.17) is 4.74 Å². The summed E-state index contributed by atoms with van der Waals surface area (Å²) in [5, 5.41) is 3.35. The molecule has 4 nitrogen and oxygen atoms in total. The van der Waals surface area contributed by atoms with Gasteiger partial charge >= 0.3 is 0 Å². The van der Waals surface area contributed by atoms with Gasteiger partial charge in [0, 0.05) is 17.9 Å². The fourth-order valence-electron chi connectivity index (χ4n) is 0.947. The van der Waals surface area contributed by atoms with Gasteiger partial charge in [-0.3, -0.25) is 4.79 Å². The van der Waals surface area contributed by atoms with Crippen molar-refractivity contribution in [2.24, 2.45) is 0 Å². The summed E-state index contributed by atoms with van der Waals surface area (Å²) in [6.45, 7) is 0. The summed E-state index contributed by atoms with van der Waals surface area (Å²) in [7, 11) is 1.52. The molecule has 0 unspecified atom stereocenters. The lowest BCUT2D eigenvalue weighted by Gasteiger charge is -2.07. The lowest BCUT2D eigenvalue weighted by Crippen LogP contribution is -2.12. The number of pyridine rings is 1. The van der Waals surface area contributed by atoms with E-state index in [1.54, 1.807) is 18.3 Å². The number of aromatic nitrogens is 1. The van der Waals surface area contributed by atoms with Crippen LogP contribution in [0.25, 0.3) is 0 Å². The van der Waals surface area contributed by atoms with Crippen molar-refractivity contribution in [3.8, 4) is 5.88 Å². The lowest BCUT2D eigenvalue weighted by molar-refractivity contribution is -0.115. The second-order valence-corrected chi connectivity index (χ2v) is 3.34. The van der Waals surface area contributed by atoms with Gasteiger partial charge in [0.25, 0.3) is 0 Å². The van der Waals surface area contributed by atoms with Crippen LogP contribution in [0.2, 0.25) is 0 Å². The molecule has 0 saturated carbocycles. The van der Waals surface area contributed by atoms with Crippen LogP contribution < -0.4 is 10.1 Å². The highest BCUT2D eigenvalue weighted by Crippen LogP contribution is 2.19. The number of carbonyl (C=O) groups excluding carboxylic acids is 1. The molecule has 1 amide bonds. The van der Waals surface area contributed by atoms with Gasteiger partial charge in [-0.2, -0.15) is 0 Å². The van der Waals surface area contributed by atoms with E-state index in [0.29, 0.717) is 23.3 Å². The quantitative estimate of drug-likeness (QED) is 0.839. The van der Waals surface area contributed by atoms with Crippen LogP contribution in [0.3, 0.4) is 0 Å². The first-order valence-corrected chi connectivity index (χ1v) is 5.25. The van der Waals surface area contributed by atoms with E-state index in [-0.39, 0.29) is 5.91 Å². The Morgan fingerprint density at radius 2 is 2.50 bits per heavy atom. The first-order chi connectivity index (χ1) is 6.77. The van der Waals surface area contributed by atoms with Crippen molar-refractivity contribution in [2.75, 3.05) is 17.8 Å². The molecule has 0 saturated heterocycles. The molecule has 0 bridgehead atoms. The minimum atomic E-state index is -0.0619. The standard InChI is InChI=1S/C9H11BrN2O2/c1-14-9-7(3-2-6-11-9)12-8(13)4-5-10/h2-3,6H,4-5H2,1H3,(H,12,13). The first-order valence-electron chi connectivity index (χ1n) is 4.12. The van der Waals surface area contributed by atoms with Crippen LogP contribution in [-0.4, -0.2) is 23.3 Å². The molecule has 0 atom stereocenters. The normalized spacial score (nSPS) is 9.57. The number of anilines is 1. The van der Waals surface area contributed by atoms with Crippen LogP contribution >= 0.6 is 15.9 Å². The average Bonchev–Trinajstić information content (AvgIpc) is 2.19. The summed E-state index contributed by atoms with van der Waals surface area (Å²) < 4.78 is 4.99. The number of ether oxygens (including phenoxy) is 1. The minimum Gasteiger partial charge on any atom is -0.480 e. The van der Waals surface area contributed by atoms with Gasteiger partial charge in [0.05, 0.1) is 7.11 Å². The molecule has 0 aliphatic carbocycles. The number of amides is 1. The molecular formula is C9H11BrN2O2. The predicted molar refractivity (Wildman–Crippen MR) is 57.8 cm³/mol. The third kappa shape index (κ3) is 2.99. The Morgan fingerprint density at radius 1 is 1.71 bits per heavy atom. The zero-order valence-electron chi connectivity index (χ0n) is 7.79. The molecule has 1 heterocycles. The highest BCUT2D eigenvalue weighted by atomic mass is 79.9. The van der Waals surface area contributed by atoms with Crippen LogP contribution in [0.1, 0.15) is 6.42 Å². The van der Waals surface area contributed by atoms with Crippen LogP contribution in [0.4, 0.5) is 5.69 Å². The molecule has 1 rings (SSSR count). The maximum Gasteiger partial charge on any atom is 0.237 e. The number of halogens is 1. The molecule has 0 fully saturated rings. The average molecular weight is 259 g/mol. The highest BCUT2D eigenvalue weighted by molar-refractivity contribution is 9.09. The van der Waals surface area contributed by atoms with Crippen molar-refractivity contribution in [3.05, 3.63) is 18.3 Å². The Morgan fingerprint density at radius 3 is 3.14 bits per heavy atom. The lowest BCUT2D eigenvalue weighted by atomic mass is 10.3. The van der Waals surface area contributed by atoms with Crippen molar-refractivity contribution in [2.45, 2.75) is 6.42 Å². The summed E-state index contributed by atoms with van der Waals surface area (Å²) in [4.78, 5) is 15.2. The second kappa shape index (κ2) is 5.59. The van der Waals surface area contributed by atoms with Gasteiger partial charge in [0.15, 0.2) is 0 Å². The smallest absolute Gasteiger partial charge is 0.237 e. The maximum absolute atomic E-state index is 11.3. The van der Waals surface area contributed by atoms with Crippen molar-refractivity contribution in [1.82, 2.24) is 4.98 Å². The van der Waals surface area contributed by atoms with Gasteiger partial charge in [-0.15, -0.1) is 0 Å². The topological polar surface area (TPSA) is 51.2 Å². The van der Waals surface area contributed by atoms with Gasteiger partial charge in [0.2, 0.25) is 11.8 Å². The van der Waals surface area contributed by atoms with Gasteiger partial charge in [-0.1, -0.05) is 15.9 Å². The van der Waals surface area contributed by atoms with Crippen molar-refractivity contribution in [3.63, 3.8) is 0 Å². The van der Waals surface area contributed by atoms with E-state index in [1.807, 2.05) is 0 Å². The number of nitrogens with zero attached hydrogens (tertiary/aromatic N) is 1. The van der Waals surface area contributed by atoms with Crippen molar-refractivity contribution < 1.29 is 9.53 Å². The fourth-order valence-corrected chi connectivity index (χ4v) is 1.31. The Kier molecular flexibility index (Phi) is 4.39. The zero-order valence-corrected chi connectivity index (χ0v) is 9.37. The number of alkyl halides is 1. The van der Waals surface area contributed by atoms with E-state index in [0.717, 1.165) is 0 Å². The predicted octanol–water partition coefficient (Wildman–Crippen LogP) is 1.81. The number of hydrogen-bond acceptors (Lipinski definition) is 3. The maximum atomic E-state index is 11.3. The molecule has 14 heavy (non-hydrogen) atoms. The molecule has 0 spiro atoms. The summed E-state index contributed by atoms with van der Waals surface area (Å²) in [5.74, 6) is 0.364. The summed E-state index contributed by atoms with van der Waals surface area (Å²) in [6, 6.07) is 3.49. The van der Waals surface area contributed by atoms with Crippen LogP contribution in [-0.2, 0) is 4.79 Å². The zero-order chi connectivity index (χ0) is 10.4. The van der Waals surface area contributed by atoms with E-state index in [9.17, 15) is 4.79 Å². The monoisotopic (exact) mass is 258 g/mol. The Balaban J connectivity index is 2.70. The number of nitrogens with one attached hydrogen (secondary N) is 1. The molecule has 1 aromatic heterocycles. The highest BCUT2D eigenvalue weighted by Gasteiger charge is 2.06. The van der Waals surface area contributed by atoms with Crippen LogP contribution in [0.5, 0.6) is 5.88 Å². The van der Waals surface area contributed by atoms with Gasteiger partial charge in [-0.05, 0) is 12.1 Å². The molecular weight excluding hydrogens is 248 g/mol. The van der Waals surface area contributed by atoms with E-state index in [2.05, 4.69) is 26.2 Å². The van der Waals surface area contributed by atoms with Crippen LogP contribution in [0.15, 0.2) is 18.3 Å². The molecule has 5 heteroatoms. The van der Waals surface area contributed by atoms with E-state index < -0.39 is 0 Å². The third-order valence-corrected chi connectivity index (χ3v) is 1.96. The Labute approximate surface area is 90.8 Å². The summed E-state index contributed by atoms with van der Waals surface area (Å²) in [5.41, 5.74) is 0.598. The third-order valence-electron chi connectivity index (χ3n) is 1.56. The van der Waals surface area contributed by atoms with Crippen molar-refractivity contribution >= 4 is 27.5 Å². The van der Waals surface area contributed by atoms with Gasteiger partial charge < -0.3 is 10.1 Å². The van der Waals surface area contributed by atoms with Crippen molar-refractivity contribution in [1.29, 1.82) is 0 Å². The van der Waals surface area contributed by atoms with E-state index in [1.165, 1.54) is 7.11 Å². The Bertz CT molecular complexity index is 317. The molecule has 0 aromatic carbocycles. The number of hydrogen-bond donors (Lipinski definition) is 1. The minimum absolute atomic E-state index is 0.0619. The second-order valence-electron chi connectivity index (χ2n) is 2.55. The molecule has 0 aliphatic heterocycles. The van der Waals surface area contributed by atoms with Gasteiger partial charge in [0.1, 0.15) is 5.69 Å². The molecule has 1 aromatic rings. The van der Waals surface area contributed by atoms with Crippen LogP contribution in [0, 0.1) is 0 Å². The van der Waals surface area contributed by atoms with E-state index >= 15 is 0 Å². The summed E-state index contributed by atoms with van der Waals surface area (Å²) in [6.07, 6.45) is 2.04. The molecule has 1 N–H and O–H groups in total. The molecule has 0 aliphatic rings. The molecule has 0 radical (unpaired) electrons. The number of carbonyl (C=O) groups is 1.